The van der Waals surface area contributed by atoms with Crippen LogP contribution >= 0.6 is 39.0 Å². The molecule has 0 bridgehead atoms. The topological polar surface area (TPSA) is 99.8 Å². The Kier molecular flexibility index (Phi) is 6.92. The SMILES string of the molecule is O=C(COc1ccc([C@@H]2c3sc(=O)[nH]c3S[C@H]3C(=O)N(c4ccc(Br)cc4)C(=O)[C@@H]23)cc1)N1CCCCC1. The lowest BCUT2D eigenvalue weighted by atomic mass is 9.83. The van der Waals surface area contributed by atoms with Crippen LogP contribution in [0.5, 0.6) is 5.75 Å². The minimum absolute atomic E-state index is 0.0224. The van der Waals surface area contributed by atoms with Crippen molar-refractivity contribution in [2.75, 3.05) is 24.6 Å². The maximum Gasteiger partial charge on any atom is 0.305 e. The number of thiazole rings is 1. The summed E-state index contributed by atoms with van der Waals surface area (Å²) in [4.78, 5) is 58.5. The Morgan fingerprint density at radius 2 is 1.68 bits per heavy atom. The smallest absolute Gasteiger partial charge is 0.305 e. The Hall–Kier alpha value is -2.89. The fraction of sp³-hybridized carbons (Fsp3) is 0.333. The van der Waals surface area contributed by atoms with E-state index in [1.165, 1.54) is 16.7 Å². The van der Waals surface area contributed by atoms with Gasteiger partial charge in [-0.25, -0.2) is 4.90 Å². The average molecular weight is 615 g/mol. The minimum atomic E-state index is -0.650. The second kappa shape index (κ2) is 10.3. The van der Waals surface area contributed by atoms with E-state index in [-0.39, 0.29) is 29.2 Å². The Bertz CT molecular complexity index is 1450. The van der Waals surface area contributed by atoms with Crippen molar-refractivity contribution in [3.63, 3.8) is 0 Å². The van der Waals surface area contributed by atoms with E-state index in [0.29, 0.717) is 16.5 Å². The first-order valence-corrected chi connectivity index (χ1v) is 14.9. The summed E-state index contributed by atoms with van der Waals surface area (Å²) in [6.07, 6.45) is 3.20. The molecule has 2 fully saturated rings. The number of aromatic amines is 1. The first-order chi connectivity index (χ1) is 18.4. The zero-order chi connectivity index (χ0) is 26.4. The van der Waals surface area contributed by atoms with Crippen LogP contribution in [-0.4, -0.2) is 52.6 Å². The van der Waals surface area contributed by atoms with Gasteiger partial charge >= 0.3 is 4.87 Å². The van der Waals surface area contributed by atoms with Crippen molar-refractivity contribution in [2.24, 2.45) is 5.92 Å². The normalized spacial score (nSPS) is 22.8. The molecule has 1 N–H and O–H groups in total. The molecule has 3 aliphatic heterocycles. The van der Waals surface area contributed by atoms with Crippen LogP contribution in [0.1, 0.15) is 35.6 Å². The number of rotatable bonds is 5. The molecule has 3 aromatic rings. The lowest BCUT2D eigenvalue weighted by molar-refractivity contribution is -0.134. The highest BCUT2D eigenvalue weighted by Gasteiger charge is 2.56. The van der Waals surface area contributed by atoms with Crippen LogP contribution in [0, 0.1) is 5.92 Å². The predicted molar refractivity (Wildman–Crippen MR) is 149 cm³/mol. The van der Waals surface area contributed by atoms with E-state index in [2.05, 4.69) is 20.9 Å². The Morgan fingerprint density at radius 3 is 2.39 bits per heavy atom. The van der Waals surface area contributed by atoms with Gasteiger partial charge in [0.2, 0.25) is 11.8 Å². The summed E-state index contributed by atoms with van der Waals surface area (Å²) >= 11 is 5.73. The van der Waals surface area contributed by atoms with E-state index in [9.17, 15) is 19.2 Å². The van der Waals surface area contributed by atoms with Crippen LogP contribution < -0.4 is 14.5 Å². The summed E-state index contributed by atoms with van der Waals surface area (Å²) in [6, 6.07) is 14.3. The number of hydrogen-bond acceptors (Lipinski definition) is 7. The largest absolute Gasteiger partial charge is 0.484 e. The summed E-state index contributed by atoms with van der Waals surface area (Å²) in [6.45, 7) is 1.52. The van der Waals surface area contributed by atoms with Crippen molar-refractivity contribution in [3.05, 3.63) is 73.1 Å². The standard InChI is InChI=1S/C27H24BrN3O5S2/c28-16-6-8-17(9-7-16)31-25(33)21-20(22-24(29-27(35)38-22)37-23(21)26(31)34)15-4-10-18(11-5-15)36-14-19(32)30-12-2-1-3-13-30/h4-11,20-21,23H,1-3,12-14H2,(H,29,35)/t20-,21-,23+/m0/s1. The molecule has 3 amide bonds. The Balaban J connectivity index is 1.27. The van der Waals surface area contributed by atoms with E-state index < -0.39 is 17.1 Å². The molecule has 0 saturated carbocycles. The lowest BCUT2D eigenvalue weighted by Gasteiger charge is -2.30. The summed E-state index contributed by atoms with van der Waals surface area (Å²) in [5.41, 5.74) is 1.33. The molecule has 3 aliphatic rings. The van der Waals surface area contributed by atoms with Crippen LogP contribution in [0.15, 0.2) is 62.8 Å². The number of benzene rings is 2. The number of fused-ring (bicyclic) bond motifs is 2. The Labute approximate surface area is 235 Å². The van der Waals surface area contributed by atoms with Crippen molar-refractivity contribution >= 4 is 62.4 Å². The number of nitrogens with one attached hydrogen (secondary N) is 1. The van der Waals surface area contributed by atoms with Gasteiger partial charge in [0.25, 0.3) is 5.91 Å². The fourth-order valence-corrected chi connectivity index (χ4v) is 8.15. The Morgan fingerprint density at radius 1 is 0.974 bits per heavy atom. The number of piperidine rings is 1. The third kappa shape index (κ3) is 4.60. The number of ether oxygens (including phenoxy) is 1. The van der Waals surface area contributed by atoms with Crippen LogP contribution in [0.2, 0.25) is 0 Å². The molecule has 0 unspecified atom stereocenters. The number of thioether (sulfide) groups is 1. The molecule has 8 nitrogen and oxygen atoms in total. The summed E-state index contributed by atoms with van der Waals surface area (Å²) in [5, 5.41) is -0.00972. The molecule has 2 aromatic carbocycles. The predicted octanol–water partition coefficient (Wildman–Crippen LogP) is 4.39. The molecule has 38 heavy (non-hydrogen) atoms. The van der Waals surface area contributed by atoms with Crippen molar-refractivity contribution in [1.29, 1.82) is 0 Å². The maximum absolute atomic E-state index is 13.8. The zero-order valence-corrected chi connectivity index (χ0v) is 23.4. The zero-order valence-electron chi connectivity index (χ0n) is 20.2. The van der Waals surface area contributed by atoms with E-state index in [0.717, 1.165) is 58.6 Å². The van der Waals surface area contributed by atoms with Gasteiger partial charge in [-0.3, -0.25) is 19.2 Å². The van der Waals surface area contributed by atoms with Gasteiger partial charge in [0.05, 0.1) is 16.6 Å². The third-order valence-corrected chi connectivity index (χ3v) is 10.1. The molecule has 11 heteroatoms. The highest BCUT2D eigenvalue weighted by molar-refractivity contribution is 9.10. The number of amides is 3. The molecule has 196 valence electrons. The van der Waals surface area contributed by atoms with Gasteiger partial charge < -0.3 is 14.6 Å². The van der Waals surface area contributed by atoms with Crippen LogP contribution in [0.25, 0.3) is 0 Å². The van der Waals surface area contributed by atoms with Gasteiger partial charge in [-0.2, -0.15) is 0 Å². The number of carbonyl (C=O) groups excluding carboxylic acids is 3. The number of aromatic nitrogens is 1. The molecular weight excluding hydrogens is 590 g/mol. The molecule has 0 radical (unpaired) electrons. The summed E-state index contributed by atoms with van der Waals surface area (Å²) in [7, 11) is 0. The maximum atomic E-state index is 13.8. The van der Waals surface area contributed by atoms with Crippen molar-refractivity contribution < 1.29 is 19.1 Å². The summed E-state index contributed by atoms with van der Waals surface area (Å²) < 4.78 is 6.62. The van der Waals surface area contributed by atoms with E-state index in [4.69, 9.17) is 4.74 Å². The van der Waals surface area contributed by atoms with Crippen LogP contribution in [0.4, 0.5) is 5.69 Å². The van der Waals surface area contributed by atoms with Crippen LogP contribution in [0.3, 0.4) is 0 Å². The van der Waals surface area contributed by atoms with Crippen molar-refractivity contribution in [3.8, 4) is 5.75 Å². The second-order valence-corrected chi connectivity index (χ2v) is 12.6. The second-order valence-electron chi connectivity index (χ2n) is 9.54. The number of carbonyl (C=O) groups is 3. The van der Waals surface area contributed by atoms with E-state index >= 15 is 0 Å². The van der Waals surface area contributed by atoms with Crippen molar-refractivity contribution in [2.45, 2.75) is 35.5 Å². The third-order valence-electron chi connectivity index (χ3n) is 7.22. The first-order valence-electron chi connectivity index (χ1n) is 12.4. The number of H-pyrrole nitrogens is 1. The monoisotopic (exact) mass is 613 g/mol. The average Bonchev–Trinajstić information content (AvgIpc) is 3.43. The quantitative estimate of drug-likeness (QED) is 0.429. The number of likely N-dealkylation sites (tertiary alicyclic amines) is 1. The minimum Gasteiger partial charge on any atom is -0.484 e. The number of imide groups is 1. The van der Waals surface area contributed by atoms with E-state index in [1.807, 2.05) is 17.0 Å². The molecule has 4 heterocycles. The number of anilines is 1. The van der Waals surface area contributed by atoms with E-state index in [1.54, 1.807) is 36.4 Å². The van der Waals surface area contributed by atoms with Gasteiger partial charge in [-0.1, -0.05) is 51.2 Å². The highest BCUT2D eigenvalue weighted by atomic mass is 79.9. The van der Waals surface area contributed by atoms with Gasteiger partial charge in [0.15, 0.2) is 6.61 Å². The number of halogens is 1. The van der Waals surface area contributed by atoms with Gasteiger partial charge in [-0.05, 0) is 61.2 Å². The molecular formula is C27H24BrN3O5S2. The van der Waals surface area contributed by atoms with Gasteiger partial charge in [-0.15, -0.1) is 0 Å². The number of nitrogens with zero attached hydrogens (tertiary/aromatic N) is 2. The first kappa shape index (κ1) is 25.4. The molecule has 2 saturated heterocycles. The molecule has 0 spiro atoms. The van der Waals surface area contributed by atoms with Gasteiger partial charge in [0, 0.05) is 28.4 Å². The van der Waals surface area contributed by atoms with Crippen molar-refractivity contribution in [1.82, 2.24) is 9.88 Å². The van der Waals surface area contributed by atoms with Crippen LogP contribution in [-0.2, 0) is 14.4 Å². The highest BCUT2D eigenvalue weighted by Crippen LogP contribution is 2.53. The fourth-order valence-electron chi connectivity index (χ4n) is 5.37. The molecule has 0 aliphatic carbocycles. The number of hydrogen-bond donors (Lipinski definition) is 1. The summed E-state index contributed by atoms with van der Waals surface area (Å²) in [5.74, 6) is -1.15. The lowest BCUT2D eigenvalue weighted by Crippen LogP contribution is -2.38. The molecule has 1 aromatic heterocycles. The molecule has 6 rings (SSSR count). The molecule has 3 atom stereocenters. The van der Waals surface area contributed by atoms with Gasteiger partial charge in [0.1, 0.15) is 11.0 Å².